The predicted molar refractivity (Wildman–Crippen MR) is 130 cm³/mol. The van der Waals surface area contributed by atoms with Gasteiger partial charge in [-0.15, -0.1) is 0 Å². The van der Waals surface area contributed by atoms with E-state index in [2.05, 4.69) is 17.4 Å². The van der Waals surface area contributed by atoms with E-state index >= 15 is 0 Å². The molecule has 0 unspecified atom stereocenters. The van der Waals surface area contributed by atoms with E-state index < -0.39 is 11.9 Å². The Morgan fingerprint density at radius 2 is 1.76 bits per heavy atom. The maximum absolute atomic E-state index is 13.7. The molecule has 4 rings (SSSR count). The van der Waals surface area contributed by atoms with E-state index in [0.717, 1.165) is 16.8 Å². The van der Waals surface area contributed by atoms with Gasteiger partial charge >= 0.3 is 5.97 Å². The van der Waals surface area contributed by atoms with Crippen molar-refractivity contribution in [3.05, 3.63) is 82.2 Å². The zero-order chi connectivity index (χ0) is 24.4. The Hall–Kier alpha value is -3.54. The third-order valence-corrected chi connectivity index (χ3v) is 6.41. The van der Waals surface area contributed by atoms with Gasteiger partial charge in [-0.1, -0.05) is 36.4 Å². The van der Waals surface area contributed by atoms with Gasteiger partial charge in [-0.2, -0.15) is 0 Å². The number of dihydropyridines is 1. The van der Waals surface area contributed by atoms with Crippen LogP contribution in [0.3, 0.4) is 0 Å². The first-order valence-corrected chi connectivity index (χ1v) is 11.6. The summed E-state index contributed by atoms with van der Waals surface area (Å²) in [5.41, 5.74) is 4.45. The summed E-state index contributed by atoms with van der Waals surface area (Å²) in [6.45, 7) is 5.49. The van der Waals surface area contributed by atoms with Crippen molar-refractivity contribution in [1.29, 1.82) is 0 Å². The first-order valence-electron chi connectivity index (χ1n) is 11.6. The van der Waals surface area contributed by atoms with Crippen LogP contribution < -0.4 is 14.8 Å². The molecule has 0 fully saturated rings. The maximum atomic E-state index is 13.7. The summed E-state index contributed by atoms with van der Waals surface area (Å²) in [6.07, 6.45) is 0.778. The molecule has 2 aromatic rings. The summed E-state index contributed by atoms with van der Waals surface area (Å²) in [7, 11) is 3.16. The van der Waals surface area contributed by atoms with Gasteiger partial charge in [-0.05, 0) is 44.7 Å². The Morgan fingerprint density at radius 1 is 1.03 bits per heavy atom. The van der Waals surface area contributed by atoms with Crippen LogP contribution in [0.4, 0.5) is 0 Å². The molecule has 1 N–H and O–H groups in total. The first-order chi connectivity index (χ1) is 16.3. The van der Waals surface area contributed by atoms with E-state index in [0.29, 0.717) is 41.2 Å². The summed E-state index contributed by atoms with van der Waals surface area (Å²) in [6, 6.07) is 15.5. The van der Waals surface area contributed by atoms with Crippen LogP contribution in [0.1, 0.15) is 56.6 Å². The molecule has 0 saturated carbocycles. The first kappa shape index (κ1) is 23.6. The fraction of sp³-hybridized carbons (Fsp3) is 0.357. The minimum absolute atomic E-state index is 0.0211. The molecule has 6 nitrogen and oxygen atoms in total. The van der Waals surface area contributed by atoms with Crippen molar-refractivity contribution in [1.82, 2.24) is 5.32 Å². The summed E-state index contributed by atoms with van der Waals surface area (Å²) in [4.78, 5) is 27.0. The minimum Gasteiger partial charge on any atom is -0.497 e. The molecule has 0 bridgehead atoms. The number of carbonyl (C=O) groups is 2. The number of ketones is 1. The summed E-state index contributed by atoms with van der Waals surface area (Å²) >= 11 is 0. The zero-order valence-corrected chi connectivity index (χ0v) is 20.3. The van der Waals surface area contributed by atoms with Gasteiger partial charge in [0.05, 0.1) is 31.8 Å². The van der Waals surface area contributed by atoms with Crippen LogP contribution in [0.5, 0.6) is 11.5 Å². The van der Waals surface area contributed by atoms with Crippen LogP contribution in [-0.2, 0) is 14.3 Å². The number of Topliss-reactive ketones (excluding diaryl/α,β-unsaturated/α-hetero) is 1. The van der Waals surface area contributed by atoms with Crippen LogP contribution in [-0.4, -0.2) is 32.1 Å². The van der Waals surface area contributed by atoms with E-state index in [-0.39, 0.29) is 17.8 Å². The topological polar surface area (TPSA) is 73.9 Å². The maximum Gasteiger partial charge on any atom is 0.337 e. The molecule has 1 aliphatic heterocycles. The normalized spacial score (nSPS) is 20.1. The zero-order valence-electron chi connectivity index (χ0n) is 20.3. The number of hydrogen-bond acceptors (Lipinski definition) is 6. The van der Waals surface area contributed by atoms with E-state index in [1.807, 2.05) is 51.1 Å². The minimum atomic E-state index is -0.590. The number of carbonyl (C=O) groups excluding carboxylic acids is 2. The molecule has 178 valence electrons. The van der Waals surface area contributed by atoms with Gasteiger partial charge in [0.25, 0.3) is 0 Å². The number of rotatable bonds is 6. The Kier molecular flexibility index (Phi) is 6.77. The molecular formula is C28H31NO5. The molecule has 6 heteroatoms. The molecule has 1 heterocycles. The van der Waals surface area contributed by atoms with Gasteiger partial charge in [-0.3, -0.25) is 4.79 Å². The van der Waals surface area contributed by atoms with Crippen molar-refractivity contribution >= 4 is 11.8 Å². The van der Waals surface area contributed by atoms with Gasteiger partial charge in [-0.25, -0.2) is 4.79 Å². The molecule has 34 heavy (non-hydrogen) atoms. The fourth-order valence-corrected chi connectivity index (χ4v) is 4.92. The number of hydrogen-bond donors (Lipinski definition) is 1. The Labute approximate surface area is 200 Å². The molecule has 1 aliphatic carbocycles. The third-order valence-electron chi connectivity index (χ3n) is 6.41. The van der Waals surface area contributed by atoms with Crippen LogP contribution in [0, 0.1) is 0 Å². The number of esters is 1. The van der Waals surface area contributed by atoms with E-state index in [1.165, 1.54) is 0 Å². The predicted octanol–water partition coefficient (Wildman–Crippen LogP) is 5.02. The van der Waals surface area contributed by atoms with Crippen molar-refractivity contribution in [2.24, 2.45) is 0 Å². The average molecular weight is 462 g/mol. The van der Waals surface area contributed by atoms with Gasteiger partial charge < -0.3 is 19.5 Å². The van der Waals surface area contributed by atoms with Gasteiger partial charge in [0.2, 0.25) is 0 Å². The average Bonchev–Trinajstić information content (AvgIpc) is 2.82. The molecule has 2 aliphatic rings. The smallest absolute Gasteiger partial charge is 0.337 e. The Morgan fingerprint density at radius 3 is 2.41 bits per heavy atom. The standard InChI is InChI=1S/C28H31NO5/c1-16(2)34-28(31)25-17(3)29-22-13-19(18-9-7-6-8-10-18)14-23(30)27(22)26(25)21-12-11-20(32-4)15-24(21)33-5/h6-12,15-16,19,26,29H,13-14H2,1-5H3/t19-,26-/m1/s1. The van der Waals surface area contributed by atoms with E-state index in [9.17, 15) is 9.59 Å². The van der Waals surface area contributed by atoms with Gasteiger partial charge in [0.1, 0.15) is 11.5 Å². The second-order valence-electron chi connectivity index (χ2n) is 8.99. The van der Waals surface area contributed by atoms with Crippen LogP contribution in [0.2, 0.25) is 0 Å². The van der Waals surface area contributed by atoms with Crippen molar-refractivity contribution in [2.75, 3.05) is 14.2 Å². The third kappa shape index (κ3) is 4.45. The monoisotopic (exact) mass is 461 g/mol. The number of benzene rings is 2. The fourth-order valence-electron chi connectivity index (χ4n) is 4.92. The lowest BCUT2D eigenvalue weighted by atomic mass is 9.71. The van der Waals surface area contributed by atoms with Gasteiger partial charge in [0.15, 0.2) is 5.78 Å². The molecule has 0 aromatic heterocycles. The van der Waals surface area contributed by atoms with Crippen LogP contribution >= 0.6 is 0 Å². The number of allylic oxidation sites excluding steroid dienone is 3. The quantitative estimate of drug-likeness (QED) is 0.609. The van der Waals surface area contributed by atoms with E-state index in [4.69, 9.17) is 14.2 Å². The summed E-state index contributed by atoms with van der Waals surface area (Å²) in [5, 5.41) is 3.38. The SMILES string of the molecule is COc1ccc([C@@H]2C(C(=O)OC(C)C)=C(C)NC3=C2C(=O)C[C@H](c2ccccc2)C3)c(OC)c1. The highest BCUT2D eigenvalue weighted by atomic mass is 16.5. The molecule has 2 aromatic carbocycles. The highest BCUT2D eigenvalue weighted by molar-refractivity contribution is 6.04. The lowest BCUT2D eigenvalue weighted by Gasteiger charge is -2.37. The van der Waals surface area contributed by atoms with E-state index in [1.54, 1.807) is 20.3 Å². The molecule has 0 amide bonds. The molecule has 0 saturated heterocycles. The summed E-state index contributed by atoms with van der Waals surface area (Å²) < 4.78 is 16.6. The highest BCUT2D eigenvalue weighted by Gasteiger charge is 2.42. The Bertz CT molecular complexity index is 1160. The molecule has 0 spiro atoms. The highest BCUT2D eigenvalue weighted by Crippen LogP contribution is 2.48. The number of nitrogens with one attached hydrogen (secondary N) is 1. The van der Waals surface area contributed by atoms with Crippen LogP contribution in [0.15, 0.2) is 71.1 Å². The molecular weight excluding hydrogens is 430 g/mol. The van der Waals surface area contributed by atoms with Gasteiger partial charge in [0, 0.05) is 35.0 Å². The van der Waals surface area contributed by atoms with Crippen molar-refractivity contribution in [3.63, 3.8) is 0 Å². The summed E-state index contributed by atoms with van der Waals surface area (Å²) in [5.74, 6) is 0.261. The number of ether oxygens (including phenoxy) is 3. The number of methoxy groups -OCH3 is 2. The second-order valence-corrected chi connectivity index (χ2v) is 8.99. The molecule has 0 radical (unpaired) electrons. The lowest BCUT2D eigenvalue weighted by Crippen LogP contribution is -2.36. The molecule has 2 atom stereocenters. The largest absolute Gasteiger partial charge is 0.497 e. The second kappa shape index (κ2) is 9.75. The van der Waals surface area contributed by atoms with Crippen LogP contribution in [0.25, 0.3) is 0 Å². The van der Waals surface area contributed by atoms with Crippen molar-refractivity contribution in [2.45, 2.75) is 51.6 Å². The van der Waals surface area contributed by atoms with Crippen molar-refractivity contribution in [3.8, 4) is 11.5 Å². The lowest BCUT2D eigenvalue weighted by molar-refractivity contribution is -0.143. The van der Waals surface area contributed by atoms with Crippen molar-refractivity contribution < 1.29 is 23.8 Å². The Balaban J connectivity index is 1.85.